The Kier molecular flexibility index (Phi) is 5.57. The summed E-state index contributed by atoms with van der Waals surface area (Å²) in [6.07, 6.45) is 6.94. The molecule has 0 bridgehead atoms. The fourth-order valence-corrected chi connectivity index (χ4v) is 2.79. The van der Waals surface area contributed by atoms with Gasteiger partial charge in [-0.3, -0.25) is 9.78 Å². The van der Waals surface area contributed by atoms with Gasteiger partial charge >= 0.3 is 0 Å². The molecular weight excluding hydrogens is 381 g/mol. The monoisotopic (exact) mass is 401 g/mol. The van der Waals surface area contributed by atoms with Gasteiger partial charge in [-0.2, -0.15) is 0 Å². The Labute approximate surface area is 173 Å². The van der Waals surface area contributed by atoms with E-state index in [0.29, 0.717) is 23.5 Å². The van der Waals surface area contributed by atoms with Crippen LogP contribution < -0.4 is 16.4 Å². The molecule has 0 unspecified atom stereocenters. The van der Waals surface area contributed by atoms with Crippen LogP contribution >= 0.6 is 0 Å². The molecular formula is C23H20FN5O. The highest BCUT2D eigenvalue weighted by Crippen LogP contribution is 2.21. The highest BCUT2D eigenvalue weighted by atomic mass is 19.1. The molecule has 4 rings (SSSR count). The number of anilines is 2. The molecule has 3 aromatic rings. The molecule has 4 N–H and O–H groups in total. The number of nitrogens with zero attached hydrogens (tertiary/aromatic N) is 2. The normalized spacial score (nSPS) is 12.6. The lowest BCUT2D eigenvalue weighted by Crippen LogP contribution is -2.25. The van der Waals surface area contributed by atoms with E-state index in [1.807, 2.05) is 6.07 Å². The summed E-state index contributed by atoms with van der Waals surface area (Å²) < 4.78 is 14.2. The standard InChI is InChI=1S/C23H20FN5O/c24-20-8-5-18(23(30)29-19-6-7-19)11-21(20)27-13-16-10-17(22(25)28-14-16)4-3-15-2-1-9-26-12-15/h1-2,5,8-12,14,19,27H,6-7,13H2,(H2,25,28)(H,29,30). The highest BCUT2D eigenvalue weighted by Gasteiger charge is 2.24. The van der Waals surface area contributed by atoms with Crippen LogP contribution in [0.4, 0.5) is 15.9 Å². The molecule has 6 nitrogen and oxygen atoms in total. The summed E-state index contributed by atoms with van der Waals surface area (Å²) in [7, 11) is 0. The average molecular weight is 401 g/mol. The van der Waals surface area contributed by atoms with E-state index in [1.165, 1.54) is 18.2 Å². The number of carbonyl (C=O) groups is 1. The van der Waals surface area contributed by atoms with Gasteiger partial charge in [0.2, 0.25) is 0 Å². The van der Waals surface area contributed by atoms with Crippen molar-refractivity contribution in [3.63, 3.8) is 0 Å². The van der Waals surface area contributed by atoms with Crippen LogP contribution in [0.15, 0.2) is 55.0 Å². The second-order valence-electron chi connectivity index (χ2n) is 7.06. The van der Waals surface area contributed by atoms with E-state index in [1.54, 1.807) is 30.7 Å². The Morgan fingerprint density at radius 2 is 2.07 bits per heavy atom. The molecule has 0 radical (unpaired) electrons. The fourth-order valence-electron chi connectivity index (χ4n) is 2.79. The number of rotatable bonds is 5. The van der Waals surface area contributed by atoms with E-state index >= 15 is 0 Å². The van der Waals surface area contributed by atoms with Crippen LogP contribution in [0.2, 0.25) is 0 Å². The molecule has 1 saturated carbocycles. The van der Waals surface area contributed by atoms with Crippen molar-refractivity contribution in [1.29, 1.82) is 0 Å². The molecule has 1 aliphatic rings. The number of nitrogens with one attached hydrogen (secondary N) is 2. The number of aromatic nitrogens is 2. The predicted molar refractivity (Wildman–Crippen MR) is 113 cm³/mol. The number of pyridine rings is 2. The summed E-state index contributed by atoms with van der Waals surface area (Å²) in [6.45, 7) is 0.305. The Bertz CT molecular complexity index is 1130. The van der Waals surface area contributed by atoms with Gasteiger partial charge in [-0.1, -0.05) is 11.8 Å². The second-order valence-corrected chi connectivity index (χ2v) is 7.06. The van der Waals surface area contributed by atoms with Gasteiger partial charge in [-0.05, 0) is 54.8 Å². The lowest BCUT2D eigenvalue weighted by molar-refractivity contribution is 0.0951. The molecule has 0 spiro atoms. The lowest BCUT2D eigenvalue weighted by atomic mass is 10.1. The van der Waals surface area contributed by atoms with Crippen molar-refractivity contribution in [2.45, 2.75) is 25.4 Å². The third-order valence-electron chi connectivity index (χ3n) is 4.60. The maximum atomic E-state index is 14.2. The number of hydrogen-bond acceptors (Lipinski definition) is 5. The molecule has 1 aromatic carbocycles. The van der Waals surface area contributed by atoms with Gasteiger partial charge < -0.3 is 16.4 Å². The Morgan fingerprint density at radius 1 is 1.20 bits per heavy atom. The minimum atomic E-state index is -0.432. The first kappa shape index (κ1) is 19.4. The Morgan fingerprint density at radius 3 is 2.83 bits per heavy atom. The second kappa shape index (κ2) is 8.62. The molecule has 1 aliphatic carbocycles. The van der Waals surface area contributed by atoms with Crippen molar-refractivity contribution in [2.75, 3.05) is 11.1 Å². The SMILES string of the molecule is Nc1ncc(CNc2cc(C(=O)NC3CC3)ccc2F)cc1C#Cc1cccnc1. The number of halogens is 1. The van der Waals surface area contributed by atoms with Crippen molar-refractivity contribution in [1.82, 2.24) is 15.3 Å². The van der Waals surface area contributed by atoms with Gasteiger partial charge in [0.1, 0.15) is 11.6 Å². The number of nitrogen functional groups attached to an aromatic ring is 1. The zero-order chi connectivity index (χ0) is 20.9. The van der Waals surface area contributed by atoms with Gasteiger partial charge in [-0.15, -0.1) is 0 Å². The van der Waals surface area contributed by atoms with Gasteiger partial charge in [0.25, 0.3) is 5.91 Å². The summed E-state index contributed by atoms with van der Waals surface area (Å²) in [5.74, 6) is 5.69. The Balaban J connectivity index is 1.47. The van der Waals surface area contributed by atoms with E-state index in [2.05, 4.69) is 32.4 Å². The van der Waals surface area contributed by atoms with Gasteiger partial charge in [0.05, 0.1) is 11.3 Å². The van der Waals surface area contributed by atoms with Crippen LogP contribution in [0.5, 0.6) is 0 Å². The molecule has 7 heteroatoms. The number of nitrogens with two attached hydrogens (primary N) is 1. The van der Waals surface area contributed by atoms with Crippen LogP contribution in [0.1, 0.15) is 39.9 Å². The first-order valence-corrected chi connectivity index (χ1v) is 9.59. The summed E-state index contributed by atoms with van der Waals surface area (Å²) in [5, 5.41) is 5.92. The average Bonchev–Trinajstić information content (AvgIpc) is 3.58. The lowest BCUT2D eigenvalue weighted by Gasteiger charge is -2.11. The third kappa shape index (κ3) is 4.92. The maximum Gasteiger partial charge on any atom is 0.251 e. The molecule has 30 heavy (non-hydrogen) atoms. The smallest absolute Gasteiger partial charge is 0.251 e. The van der Waals surface area contributed by atoms with E-state index in [9.17, 15) is 9.18 Å². The first-order valence-electron chi connectivity index (χ1n) is 9.59. The minimum Gasteiger partial charge on any atom is -0.383 e. The van der Waals surface area contributed by atoms with E-state index in [-0.39, 0.29) is 17.6 Å². The quantitative estimate of drug-likeness (QED) is 0.572. The third-order valence-corrected chi connectivity index (χ3v) is 4.60. The molecule has 0 saturated heterocycles. The molecule has 1 amide bonds. The van der Waals surface area contributed by atoms with Gasteiger partial charge in [0.15, 0.2) is 0 Å². The van der Waals surface area contributed by atoms with Crippen molar-refractivity contribution in [3.8, 4) is 11.8 Å². The molecule has 0 atom stereocenters. The first-order chi connectivity index (χ1) is 14.6. The van der Waals surface area contributed by atoms with Crippen molar-refractivity contribution < 1.29 is 9.18 Å². The van der Waals surface area contributed by atoms with Crippen LogP contribution in [0.3, 0.4) is 0 Å². The largest absolute Gasteiger partial charge is 0.383 e. The summed E-state index contributed by atoms with van der Waals surface area (Å²) in [5.41, 5.74) is 8.73. The molecule has 150 valence electrons. The number of benzene rings is 1. The molecule has 1 fully saturated rings. The summed E-state index contributed by atoms with van der Waals surface area (Å²) in [6, 6.07) is 9.99. The number of amides is 1. The van der Waals surface area contributed by atoms with Crippen LogP contribution in [-0.2, 0) is 6.54 Å². The van der Waals surface area contributed by atoms with E-state index in [4.69, 9.17) is 5.73 Å². The van der Waals surface area contributed by atoms with E-state index in [0.717, 1.165) is 24.0 Å². The van der Waals surface area contributed by atoms with Crippen LogP contribution in [-0.4, -0.2) is 21.9 Å². The minimum absolute atomic E-state index is 0.192. The topological polar surface area (TPSA) is 92.9 Å². The van der Waals surface area contributed by atoms with Crippen LogP contribution in [0, 0.1) is 17.7 Å². The maximum absolute atomic E-state index is 14.2. The zero-order valence-electron chi connectivity index (χ0n) is 16.2. The van der Waals surface area contributed by atoms with E-state index < -0.39 is 5.82 Å². The van der Waals surface area contributed by atoms with Crippen LogP contribution in [0.25, 0.3) is 0 Å². The summed E-state index contributed by atoms with van der Waals surface area (Å²) >= 11 is 0. The predicted octanol–water partition coefficient (Wildman–Crippen LogP) is 3.10. The zero-order valence-corrected chi connectivity index (χ0v) is 16.2. The molecule has 2 heterocycles. The number of hydrogen-bond donors (Lipinski definition) is 3. The number of carbonyl (C=O) groups excluding carboxylic acids is 1. The molecule has 2 aromatic heterocycles. The Hall–Kier alpha value is -3.92. The van der Waals surface area contributed by atoms with Crippen molar-refractivity contribution in [3.05, 3.63) is 83.1 Å². The van der Waals surface area contributed by atoms with Gasteiger partial charge in [0, 0.05) is 42.3 Å². The molecule has 0 aliphatic heterocycles. The van der Waals surface area contributed by atoms with Crippen molar-refractivity contribution in [2.24, 2.45) is 0 Å². The fraction of sp³-hybridized carbons (Fsp3) is 0.174. The van der Waals surface area contributed by atoms with Crippen molar-refractivity contribution >= 4 is 17.4 Å². The summed E-state index contributed by atoms with van der Waals surface area (Å²) in [4.78, 5) is 20.4. The van der Waals surface area contributed by atoms with Gasteiger partial charge in [-0.25, -0.2) is 9.37 Å². The highest BCUT2D eigenvalue weighted by molar-refractivity contribution is 5.95.